The molecule has 5 nitrogen and oxygen atoms in total. The molecule has 0 amide bonds. The molecule has 1 unspecified atom stereocenters. The molecule has 0 radical (unpaired) electrons. The quantitative estimate of drug-likeness (QED) is 0.408. The fraction of sp³-hybridized carbons (Fsp3) is 0.654. The van der Waals surface area contributed by atoms with Gasteiger partial charge in [-0.3, -0.25) is 4.79 Å². The van der Waals surface area contributed by atoms with E-state index in [9.17, 15) is 9.90 Å². The maximum atomic E-state index is 15.1. The van der Waals surface area contributed by atoms with E-state index in [-0.39, 0.29) is 24.1 Å². The fourth-order valence-corrected chi connectivity index (χ4v) is 4.95. The Kier molecular flexibility index (Phi) is 9.54. The number of benzene rings is 1. The van der Waals surface area contributed by atoms with E-state index in [0.29, 0.717) is 32.0 Å². The van der Waals surface area contributed by atoms with Crippen molar-refractivity contribution in [3.8, 4) is 5.75 Å². The van der Waals surface area contributed by atoms with Gasteiger partial charge in [0.15, 0.2) is 0 Å². The molecule has 0 spiro atoms. The molecule has 2 aliphatic rings. The van der Waals surface area contributed by atoms with Crippen molar-refractivity contribution >= 4 is 5.97 Å². The standard InChI is InChI=1S/C26H37FO5/c1-18(2)32-25(29)12-6-8-19-13-14-21-24(31-17-19)16-23(28)26(21)22(27)11-7-15-30-20-9-4-3-5-10-20/h3-5,7,9-11,18-19,21-24,26,28H,6,8,12-17H2,1-2H3/b11-7+/t19-,21-,22?,23+,24-,26-/m0/s1. The molecule has 1 aromatic rings. The molecule has 1 N–H and O–H groups in total. The minimum atomic E-state index is -1.23. The molecule has 32 heavy (non-hydrogen) atoms. The molecule has 3 rings (SSSR count). The van der Waals surface area contributed by atoms with E-state index in [2.05, 4.69) is 0 Å². The Balaban J connectivity index is 1.45. The van der Waals surface area contributed by atoms with E-state index >= 15 is 4.39 Å². The van der Waals surface area contributed by atoms with Crippen LogP contribution < -0.4 is 4.74 Å². The van der Waals surface area contributed by atoms with E-state index in [4.69, 9.17) is 14.2 Å². The van der Waals surface area contributed by atoms with Crippen LogP contribution >= 0.6 is 0 Å². The van der Waals surface area contributed by atoms with Gasteiger partial charge in [-0.1, -0.05) is 24.3 Å². The monoisotopic (exact) mass is 448 g/mol. The second-order valence-electron chi connectivity index (χ2n) is 9.29. The average molecular weight is 449 g/mol. The van der Waals surface area contributed by atoms with Gasteiger partial charge in [0.2, 0.25) is 0 Å². The third-order valence-corrected chi connectivity index (χ3v) is 6.48. The number of carbonyl (C=O) groups excluding carboxylic acids is 1. The lowest BCUT2D eigenvalue weighted by molar-refractivity contribution is -0.147. The number of para-hydroxylation sites is 1. The van der Waals surface area contributed by atoms with Crippen molar-refractivity contribution in [1.82, 2.24) is 0 Å². The lowest BCUT2D eigenvalue weighted by Gasteiger charge is -2.25. The molecular formula is C26H37FO5. The van der Waals surface area contributed by atoms with Gasteiger partial charge in [0.25, 0.3) is 0 Å². The topological polar surface area (TPSA) is 65.0 Å². The number of aliphatic hydroxyl groups is 1. The number of esters is 1. The van der Waals surface area contributed by atoms with Gasteiger partial charge in [0.05, 0.1) is 18.3 Å². The van der Waals surface area contributed by atoms with Gasteiger partial charge in [0, 0.05) is 25.4 Å². The smallest absolute Gasteiger partial charge is 0.306 e. The lowest BCUT2D eigenvalue weighted by Crippen LogP contribution is -2.30. The zero-order valence-corrected chi connectivity index (χ0v) is 19.2. The lowest BCUT2D eigenvalue weighted by atomic mass is 9.84. The first-order valence-electron chi connectivity index (χ1n) is 11.9. The SMILES string of the molecule is CC(C)OC(=O)CCC[C@H]1CC[C@@H]2[C@@H](C(F)/C=C/COc3ccccc3)[C@H](O)C[C@@H]2OC1. The predicted molar refractivity (Wildman–Crippen MR) is 121 cm³/mol. The summed E-state index contributed by atoms with van der Waals surface area (Å²) in [6.07, 6.45) is 5.44. The summed E-state index contributed by atoms with van der Waals surface area (Å²) in [5, 5.41) is 10.5. The van der Waals surface area contributed by atoms with E-state index < -0.39 is 18.2 Å². The fourth-order valence-electron chi connectivity index (χ4n) is 4.95. The second kappa shape index (κ2) is 12.4. The van der Waals surface area contributed by atoms with Crippen LogP contribution in [0.3, 0.4) is 0 Å². The van der Waals surface area contributed by atoms with Crippen LogP contribution in [-0.4, -0.2) is 48.8 Å². The first-order chi connectivity index (χ1) is 15.4. The highest BCUT2D eigenvalue weighted by Crippen LogP contribution is 2.43. The molecular weight excluding hydrogens is 411 g/mol. The number of fused-ring (bicyclic) bond motifs is 1. The van der Waals surface area contributed by atoms with Crippen LogP contribution in [-0.2, 0) is 14.3 Å². The Labute approximate surface area is 190 Å². The molecule has 1 heterocycles. The molecule has 6 atom stereocenters. The maximum absolute atomic E-state index is 15.1. The van der Waals surface area contributed by atoms with Gasteiger partial charge in [-0.15, -0.1) is 0 Å². The summed E-state index contributed by atoms with van der Waals surface area (Å²) >= 11 is 0. The van der Waals surface area contributed by atoms with E-state index in [0.717, 1.165) is 31.4 Å². The highest BCUT2D eigenvalue weighted by Gasteiger charge is 2.47. The third kappa shape index (κ3) is 7.31. The number of halogens is 1. The predicted octanol–water partition coefficient (Wildman–Crippen LogP) is 4.87. The number of allylic oxidation sites excluding steroid dienone is 1. The summed E-state index contributed by atoms with van der Waals surface area (Å²) in [4.78, 5) is 11.7. The van der Waals surface area contributed by atoms with Crippen molar-refractivity contribution in [2.75, 3.05) is 13.2 Å². The highest BCUT2D eigenvalue weighted by molar-refractivity contribution is 5.69. The van der Waals surface area contributed by atoms with Crippen LogP contribution in [0.1, 0.15) is 52.4 Å². The van der Waals surface area contributed by atoms with Crippen LogP contribution in [0.25, 0.3) is 0 Å². The molecule has 178 valence electrons. The summed E-state index contributed by atoms with van der Waals surface area (Å²) in [6.45, 7) is 4.60. The Hall–Kier alpha value is -1.92. The molecule has 1 saturated carbocycles. The summed E-state index contributed by atoms with van der Waals surface area (Å²) in [6, 6.07) is 9.42. The van der Waals surface area contributed by atoms with Crippen LogP contribution in [0.4, 0.5) is 4.39 Å². The van der Waals surface area contributed by atoms with Crippen LogP contribution in [0.2, 0.25) is 0 Å². The molecule has 1 aliphatic carbocycles. The normalized spacial score (nSPS) is 29.0. The molecule has 0 aromatic heterocycles. The van der Waals surface area contributed by atoms with Crippen molar-refractivity contribution in [3.05, 3.63) is 42.5 Å². The van der Waals surface area contributed by atoms with E-state index in [1.807, 2.05) is 44.2 Å². The molecule has 2 fully saturated rings. The largest absolute Gasteiger partial charge is 0.490 e. The summed E-state index contributed by atoms with van der Waals surface area (Å²) in [5.74, 6) is 0.508. The summed E-state index contributed by atoms with van der Waals surface area (Å²) < 4.78 is 32.0. The van der Waals surface area contributed by atoms with Gasteiger partial charge in [-0.25, -0.2) is 4.39 Å². The van der Waals surface area contributed by atoms with Crippen LogP contribution in [0.15, 0.2) is 42.5 Å². The molecule has 1 aliphatic heterocycles. The zero-order chi connectivity index (χ0) is 22.9. The highest BCUT2D eigenvalue weighted by atomic mass is 19.1. The third-order valence-electron chi connectivity index (χ3n) is 6.48. The Morgan fingerprint density at radius 3 is 2.81 bits per heavy atom. The molecule has 0 bridgehead atoms. The van der Waals surface area contributed by atoms with Crippen molar-refractivity contribution in [2.24, 2.45) is 17.8 Å². The molecule has 1 saturated heterocycles. The zero-order valence-electron chi connectivity index (χ0n) is 19.2. The van der Waals surface area contributed by atoms with Crippen molar-refractivity contribution in [2.45, 2.75) is 76.9 Å². The maximum Gasteiger partial charge on any atom is 0.306 e. The van der Waals surface area contributed by atoms with Gasteiger partial charge < -0.3 is 19.3 Å². The van der Waals surface area contributed by atoms with Gasteiger partial charge in [-0.2, -0.15) is 0 Å². The summed E-state index contributed by atoms with van der Waals surface area (Å²) in [5.41, 5.74) is 0. The number of hydrogen-bond donors (Lipinski definition) is 1. The van der Waals surface area contributed by atoms with Crippen molar-refractivity contribution < 1.29 is 28.5 Å². The number of aliphatic hydroxyl groups excluding tert-OH is 1. The first kappa shape index (κ1) is 24.7. The van der Waals surface area contributed by atoms with Crippen molar-refractivity contribution in [3.63, 3.8) is 0 Å². The molecule has 6 heteroatoms. The van der Waals surface area contributed by atoms with Crippen LogP contribution in [0.5, 0.6) is 5.75 Å². The number of carbonyl (C=O) groups is 1. The average Bonchev–Trinajstić information content (AvgIpc) is 2.95. The van der Waals surface area contributed by atoms with Gasteiger partial charge >= 0.3 is 5.97 Å². The Morgan fingerprint density at radius 1 is 1.28 bits per heavy atom. The number of alkyl halides is 1. The minimum Gasteiger partial charge on any atom is -0.490 e. The Bertz CT molecular complexity index is 722. The number of rotatable bonds is 10. The number of hydrogen-bond acceptors (Lipinski definition) is 5. The van der Waals surface area contributed by atoms with E-state index in [1.54, 1.807) is 6.08 Å². The Morgan fingerprint density at radius 2 is 2.06 bits per heavy atom. The minimum absolute atomic E-state index is 0.00981. The molecule has 1 aromatic carbocycles. The van der Waals surface area contributed by atoms with Gasteiger partial charge in [-0.05, 0) is 69.6 Å². The van der Waals surface area contributed by atoms with Crippen molar-refractivity contribution in [1.29, 1.82) is 0 Å². The van der Waals surface area contributed by atoms with Gasteiger partial charge in [0.1, 0.15) is 18.5 Å². The first-order valence-corrected chi connectivity index (χ1v) is 11.9. The summed E-state index contributed by atoms with van der Waals surface area (Å²) in [7, 11) is 0. The van der Waals surface area contributed by atoms with Crippen LogP contribution in [0, 0.1) is 17.8 Å². The number of ether oxygens (including phenoxy) is 3. The van der Waals surface area contributed by atoms with E-state index in [1.165, 1.54) is 6.08 Å². The second-order valence-corrected chi connectivity index (χ2v) is 9.29.